The van der Waals surface area contributed by atoms with Gasteiger partial charge in [-0.3, -0.25) is 9.10 Å². The minimum Gasteiger partial charge on any atom is -0.476 e. The Morgan fingerprint density at radius 2 is 1.65 bits per heavy atom. The van der Waals surface area contributed by atoms with Gasteiger partial charge in [0.2, 0.25) is 10.0 Å². The monoisotopic (exact) mass is 438 g/mol. The van der Waals surface area contributed by atoms with E-state index in [2.05, 4.69) is 5.32 Å². The molecular weight excluding hydrogens is 416 g/mol. The molecule has 0 saturated heterocycles. The standard InChI is InChI=1S/C23H22N2O5S/c1-2-31(27,28)25-16-22(30-21-11-7-6-10-20(21)25)23(26)24-17-12-14-19(15-13-17)29-18-8-4-3-5-9-18/h3-15,22H,2,16H2,1H3,(H,24,26)/t22-/m1/s1. The highest BCUT2D eigenvalue weighted by Crippen LogP contribution is 2.35. The van der Waals surface area contributed by atoms with Crippen molar-refractivity contribution in [3.05, 3.63) is 78.9 Å². The quantitative estimate of drug-likeness (QED) is 0.628. The maximum absolute atomic E-state index is 12.8. The number of rotatable bonds is 6. The number of para-hydroxylation sites is 3. The van der Waals surface area contributed by atoms with Crippen LogP contribution in [0.3, 0.4) is 0 Å². The summed E-state index contributed by atoms with van der Waals surface area (Å²) in [7, 11) is -3.55. The Balaban J connectivity index is 1.47. The first-order valence-corrected chi connectivity index (χ1v) is 11.5. The molecule has 0 unspecified atom stereocenters. The van der Waals surface area contributed by atoms with Crippen LogP contribution in [0.1, 0.15) is 6.92 Å². The first-order valence-electron chi connectivity index (χ1n) is 9.86. The molecule has 8 heteroatoms. The van der Waals surface area contributed by atoms with Crippen LogP contribution in [0.5, 0.6) is 17.2 Å². The highest BCUT2D eigenvalue weighted by molar-refractivity contribution is 7.92. The molecule has 0 aromatic heterocycles. The lowest BCUT2D eigenvalue weighted by molar-refractivity contribution is -0.122. The van der Waals surface area contributed by atoms with Crippen LogP contribution < -0.4 is 19.1 Å². The summed E-state index contributed by atoms with van der Waals surface area (Å²) in [4.78, 5) is 12.8. The van der Waals surface area contributed by atoms with Crippen molar-refractivity contribution in [3.8, 4) is 17.2 Å². The van der Waals surface area contributed by atoms with Crippen LogP contribution in [0.25, 0.3) is 0 Å². The zero-order valence-corrected chi connectivity index (χ0v) is 17.7. The molecule has 160 valence electrons. The van der Waals surface area contributed by atoms with Gasteiger partial charge in [0, 0.05) is 5.69 Å². The second kappa shape index (κ2) is 8.69. The average molecular weight is 439 g/mol. The Labute approximate surface area is 181 Å². The minimum atomic E-state index is -3.55. The van der Waals surface area contributed by atoms with E-state index in [4.69, 9.17) is 9.47 Å². The number of fused-ring (bicyclic) bond motifs is 1. The molecule has 1 amide bonds. The number of nitrogens with zero attached hydrogens (tertiary/aromatic N) is 1. The number of carbonyl (C=O) groups is 1. The number of carbonyl (C=O) groups excluding carboxylic acids is 1. The van der Waals surface area contributed by atoms with Crippen LogP contribution in [-0.2, 0) is 14.8 Å². The molecule has 1 N–H and O–H groups in total. The van der Waals surface area contributed by atoms with E-state index in [0.717, 1.165) is 0 Å². The molecule has 3 aromatic carbocycles. The van der Waals surface area contributed by atoms with Gasteiger partial charge in [0.1, 0.15) is 17.2 Å². The molecule has 0 spiro atoms. The molecule has 0 radical (unpaired) electrons. The van der Waals surface area contributed by atoms with Gasteiger partial charge < -0.3 is 14.8 Å². The van der Waals surface area contributed by atoms with Crippen LogP contribution in [0, 0.1) is 0 Å². The zero-order chi connectivity index (χ0) is 21.8. The van der Waals surface area contributed by atoms with Crippen LogP contribution in [-0.4, -0.2) is 32.7 Å². The van der Waals surface area contributed by atoms with E-state index in [9.17, 15) is 13.2 Å². The number of anilines is 2. The van der Waals surface area contributed by atoms with E-state index in [1.165, 1.54) is 4.31 Å². The van der Waals surface area contributed by atoms with Gasteiger partial charge in [-0.1, -0.05) is 30.3 Å². The largest absolute Gasteiger partial charge is 0.476 e. The highest BCUT2D eigenvalue weighted by Gasteiger charge is 2.35. The Bertz CT molecular complexity index is 1160. The lowest BCUT2D eigenvalue weighted by Crippen LogP contribution is -2.49. The Morgan fingerprint density at radius 1 is 1.00 bits per heavy atom. The van der Waals surface area contributed by atoms with Gasteiger partial charge in [-0.25, -0.2) is 8.42 Å². The highest BCUT2D eigenvalue weighted by atomic mass is 32.2. The topological polar surface area (TPSA) is 84.9 Å². The van der Waals surface area contributed by atoms with E-state index < -0.39 is 22.0 Å². The number of benzene rings is 3. The van der Waals surface area contributed by atoms with Crippen molar-refractivity contribution in [1.82, 2.24) is 0 Å². The summed E-state index contributed by atoms with van der Waals surface area (Å²) < 4.78 is 37.9. The number of sulfonamides is 1. The first-order chi connectivity index (χ1) is 15.0. The maximum atomic E-state index is 12.8. The molecule has 0 fully saturated rings. The second-order valence-electron chi connectivity index (χ2n) is 6.93. The van der Waals surface area contributed by atoms with Crippen molar-refractivity contribution >= 4 is 27.3 Å². The Kier molecular flexibility index (Phi) is 5.81. The number of amides is 1. The molecular formula is C23H22N2O5S. The number of hydrogen-bond acceptors (Lipinski definition) is 5. The molecule has 1 atom stereocenters. The van der Waals surface area contributed by atoms with Gasteiger partial charge in [-0.15, -0.1) is 0 Å². The third-order valence-electron chi connectivity index (χ3n) is 4.83. The molecule has 0 bridgehead atoms. The third-order valence-corrected chi connectivity index (χ3v) is 6.58. The lowest BCUT2D eigenvalue weighted by atomic mass is 10.2. The summed E-state index contributed by atoms with van der Waals surface area (Å²) in [5.41, 5.74) is 0.994. The van der Waals surface area contributed by atoms with Crippen molar-refractivity contribution < 1.29 is 22.7 Å². The maximum Gasteiger partial charge on any atom is 0.267 e. The van der Waals surface area contributed by atoms with E-state index in [1.54, 1.807) is 55.5 Å². The fraction of sp³-hybridized carbons (Fsp3) is 0.174. The van der Waals surface area contributed by atoms with Gasteiger partial charge in [-0.2, -0.15) is 0 Å². The molecule has 3 aromatic rings. The summed E-state index contributed by atoms with van der Waals surface area (Å²) in [5.74, 6) is 1.21. The predicted molar refractivity (Wildman–Crippen MR) is 119 cm³/mol. The minimum absolute atomic E-state index is 0.0709. The van der Waals surface area contributed by atoms with Crippen LogP contribution >= 0.6 is 0 Å². The smallest absolute Gasteiger partial charge is 0.267 e. The van der Waals surface area contributed by atoms with Crippen molar-refractivity contribution in [2.75, 3.05) is 21.9 Å². The summed E-state index contributed by atoms with van der Waals surface area (Å²) in [6.45, 7) is 1.48. The average Bonchev–Trinajstić information content (AvgIpc) is 2.80. The van der Waals surface area contributed by atoms with Crippen LogP contribution in [0.15, 0.2) is 78.9 Å². The first kappa shape index (κ1) is 20.7. The molecule has 1 aliphatic heterocycles. The fourth-order valence-corrected chi connectivity index (χ4v) is 4.34. The molecule has 31 heavy (non-hydrogen) atoms. The van der Waals surface area contributed by atoms with Gasteiger partial charge in [0.15, 0.2) is 6.10 Å². The van der Waals surface area contributed by atoms with E-state index in [1.807, 2.05) is 30.3 Å². The van der Waals surface area contributed by atoms with Crippen LogP contribution in [0.4, 0.5) is 11.4 Å². The van der Waals surface area contributed by atoms with Gasteiger partial charge in [0.05, 0.1) is 18.0 Å². The molecule has 7 nitrogen and oxygen atoms in total. The fourth-order valence-electron chi connectivity index (χ4n) is 3.21. The van der Waals surface area contributed by atoms with Crippen LogP contribution in [0.2, 0.25) is 0 Å². The molecule has 0 aliphatic carbocycles. The van der Waals surface area contributed by atoms with E-state index >= 15 is 0 Å². The molecule has 0 saturated carbocycles. The number of nitrogens with one attached hydrogen (secondary N) is 1. The second-order valence-corrected chi connectivity index (χ2v) is 9.12. The van der Waals surface area contributed by atoms with Crippen molar-refractivity contribution in [1.29, 1.82) is 0 Å². The van der Waals surface area contributed by atoms with Crippen molar-refractivity contribution in [3.63, 3.8) is 0 Å². The molecule has 1 aliphatic rings. The Morgan fingerprint density at radius 3 is 2.35 bits per heavy atom. The zero-order valence-electron chi connectivity index (χ0n) is 16.9. The van der Waals surface area contributed by atoms with E-state index in [0.29, 0.717) is 28.6 Å². The summed E-state index contributed by atoms with van der Waals surface area (Å²) >= 11 is 0. The normalized spacial score (nSPS) is 15.5. The van der Waals surface area contributed by atoms with Gasteiger partial charge in [0.25, 0.3) is 5.91 Å². The van der Waals surface area contributed by atoms with Crippen molar-refractivity contribution in [2.24, 2.45) is 0 Å². The summed E-state index contributed by atoms with van der Waals surface area (Å²) in [6, 6.07) is 23.1. The Hall–Kier alpha value is -3.52. The van der Waals surface area contributed by atoms with E-state index in [-0.39, 0.29) is 12.3 Å². The lowest BCUT2D eigenvalue weighted by Gasteiger charge is -2.34. The summed E-state index contributed by atoms with van der Waals surface area (Å²) in [6.07, 6.45) is -0.975. The number of hydrogen-bond donors (Lipinski definition) is 1. The third kappa shape index (κ3) is 4.64. The van der Waals surface area contributed by atoms with Crippen molar-refractivity contribution in [2.45, 2.75) is 13.0 Å². The number of ether oxygens (including phenoxy) is 2. The predicted octanol–water partition coefficient (Wildman–Crippen LogP) is 4.03. The van der Waals surface area contributed by atoms with Gasteiger partial charge in [-0.05, 0) is 55.5 Å². The summed E-state index contributed by atoms with van der Waals surface area (Å²) in [5, 5.41) is 2.78. The van der Waals surface area contributed by atoms with Gasteiger partial charge >= 0.3 is 0 Å². The molecule has 4 rings (SSSR count). The molecule has 1 heterocycles. The SMILES string of the molecule is CCS(=O)(=O)N1C[C@H](C(=O)Nc2ccc(Oc3ccccc3)cc2)Oc2ccccc21.